The van der Waals surface area contributed by atoms with Crippen molar-refractivity contribution in [3.63, 3.8) is 0 Å². The van der Waals surface area contributed by atoms with Crippen LogP contribution < -0.4 is 9.46 Å². The first-order valence-corrected chi connectivity index (χ1v) is 9.23. The third kappa shape index (κ3) is 4.56. The molecule has 0 saturated carbocycles. The maximum Gasteiger partial charge on any atom is 0.216 e. The van der Waals surface area contributed by atoms with E-state index in [1.54, 1.807) is 42.7 Å². The number of nitrogens with one attached hydrogen (secondary N) is 1. The molecule has 1 N–H and O–H groups in total. The van der Waals surface area contributed by atoms with Crippen LogP contribution in [0.5, 0.6) is 5.75 Å². The molecule has 0 spiro atoms. The van der Waals surface area contributed by atoms with Crippen molar-refractivity contribution in [2.45, 2.75) is 25.1 Å². The van der Waals surface area contributed by atoms with E-state index >= 15 is 0 Å². The predicted octanol–water partition coefficient (Wildman–Crippen LogP) is 3.33. The van der Waals surface area contributed by atoms with Crippen LogP contribution in [0.15, 0.2) is 41.8 Å². The van der Waals surface area contributed by atoms with E-state index in [0.29, 0.717) is 11.3 Å². The van der Waals surface area contributed by atoms with Crippen LogP contribution >= 0.6 is 11.3 Å². The van der Waals surface area contributed by atoms with E-state index in [4.69, 9.17) is 4.74 Å². The summed E-state index contributed by atoms with van der Waals surface area (Å²) in [5.74, 6) is 0.611. The summed E-state index contributed by atoms with van der Waals surface area (Å²) in [4.78, 5) is 1.03. The molecule has 2 aromatic rings. The van der Waals surface area contributed by atoms with Gasteiger partial charge >= 0.3 is 0 Å². The van der Waals surface area contributed by atoms with Crippen molar-refractivity contribution in [3.05, 3.63) is 52.2 Å². The van der Waals surface area contributed by atoms with Gasteiger partial charge in [0.25, 0.3) is 0 Å². The molecule has 0 aliphatic rings. The van der Waals surface area contributed by atoms with Crippen molar-refractivity contribution in [2.24, 2.45) is 0 Å². The standard InChI is InChI=1S/C15H19NO3S2/c1-3-14(15-8-5-9-20-15)16-21(17,18)11-12-6-4-7-13(10-12)19-2/h4-10,14,16H,3,11H2,1-2H3. The van der Waals surface area contributed by atoms with Crippen LogP contribution in [0.4, 0.5) is 0 Å². The van der Waals surface area contributed by atoms with Crippen LogP contribution in [0, 0.1) is 0 Å². The van der Waals surface area contributed by atoms with Crippen LogP contribution in [-0.2, 0) is 15.8 Å². The lowest BCUT2D eigenvalue weighted by Gasteiger charge is -2.16. The molecule has 2 rings (SSSR count). The molecular formula is C15H19NO3S2. The lowest BCUT2D eigenvalue weighted by Crippen LogP contribution is -2.29. The number of methoxy groups -OCH3 is 1. The van der Waals surface area contributed by atoms with Crippen molar-refractivity contribution in [1.82, 2.24) is 4.72 Å². The van der Waals surface area contributed by atoms with E-state index in [1.165, 1.54) is 0 Å². The van der Waals surface area contributed by atoms with Gasteiger partial charge in [-0.05, 0) is 35.6 Å². The lowest BCUT2D eigenvalue weighted by atomic mass is 10.2. The van der Waals surface area contributed by atoms with E-state index in [-0.39, 0.29) is 11.8 Å². The topological polar surface area (TPSA) is 55.4 Å². The normalized spacial score (nSPS) is 13.0. The summed E-state index contributed by atoms with van der Waals surface area (Å²) in [6.45, 7) is 1.97. The zero-order chi connectivity index (χ0) is 15.3. The molecule has 1 aromatic heterocycles. The molecule has 0 radical (unpaired) electrons. The summed E-state index contributed by atoms with van der Waals surface area (Å²) in [5, 5.41) is 1.95. The zero-order valence-electron chi connectivity index (χ0n) is 12.1. The van der Waals surface area contributed by atoms with Crippen molar-refractivity contribution in [1.29, 1.82) is 0 Å². The molecule has 21 heavy (non-hydrogen) atoms. The molecule has 6 heteroatoms. The predicted molar refractivity (Wildman–Crippen MR) is 86.1 cm³/mol. The fourth-order valence-electron chi connectivity index (χ4n) is 2.07. The molecule has 1 unspecified atom stereocenters. The minimum Gasteiger partial charge on any atom is -0.497 e. The lowest BCUT2D eigenvalue weighted by molar-refractivity contribution is 0.414. The number of ether oxygens (including phenoxy) is 1. The van der Waals surface area contributed by atoms with Gasteiger partial charge in [-0.1, -0.05) is 25.1 Å². The molecule has 0 amide bonds. The second-order valence-electron chi connectivity index (χ2n) is 4.70. The van der Waals surface area contributed by atoms with Crippen LogP contribution in [0.1, 0.15) is 29.8 Å². The van der Waals surface area contributed by atoms with Crippen molar-refractivity contribution >= 4 is 21.4 Å². The summed E-state index contributed by atoms with van der Waals surface area (Å²) < 4.78 is 32.5. The van der Waals surface area contributed by atoms with Crippen molar-refractivity contribution in [2.75, 3.05) is 7.11 Å². The first-order valence-electron chi connectivity index (χ1n) is 6.70. The SMILES string of the molecule is CCC(NS(=O)(=O)Cc1cccc(OC)c1)c1cccs1. The third-order valence-electron chi connectivity index (χ3n) is 3.11. The van der Waals surface area contributed by atoms with Crippen LogP contribution in [0.25, 0.3) is 0 Å². The fourth-order valence-corrected chi connectivity index (χ4v) is 4.44. The largest absolute Gasteiger partial charge is 0.497 e. The zero-order valence-corrected chi connectivity index (χ0v) is 13.7. The summed E-state index contributed by atoms with van der Waals surface area (Å²) >= 11 is 1.56. The Kier molecular flexibility index (Phi) is 5.39. The van der Waals surface area contributed by atoms with Gasteiger partial charge in [0.2, 0.25) is 10.0 Å². The van der Waals surface area contributed by atoms with Gasteiger partial charge in [-0.3, -0.25) is 0 Å². The highest BCUT2D eigenvalue weighted by Crippen LogP contribution is 2.23. The second kappa shape index (κ2) is 7.06. The highest BCUT2D eigenvalue weighted by atomic mass is 32.2. The monoisotopic (exact) mass is 325 g/mol. The second-order valence-corrected chi connectivity index (χ2v) is 7.44. The first-order chi connectivity index (χ1) is 10.0. The molecule has 4 nitrogen and oxygen atoms in total. The Bertz CT molecular complexity index is 666. The van der Waals surface area contributed by atoms with Gasteiger partial charge in [-0.2, -0.15) is 0 Å². The van der Waals surface area contributed by atoms with Crippen LogP contribution in [0.2, 0.25) is 0 Å². The Labute approximate surface area is 129 Å². The number of hydrogen-bond acceptors (Lipinski definition) is 4. The average molecular weight is 325 g/mol. The smallest absolute Gasteiger partial charge is 0.216 e. The van der Waals surface area contributed by atoms with E-state index in [1.807, 2.05) is 24.4 Å². The molecule has 1 aromatic carbocycles. The maximum absolute atomic E-state index is 12.3. The van der Waals surface area contributed by atoms with E-state index in [0.717, 1.165) is 11.3 Å². The molecule has 0 aliphatic heterocycles. The Morgan fingerprint density at radius 2 is 2.10 bits per heavy atom. The average Bonchev–Trinajstić information content (AvgIpc) is 2.98. The Hall–Kier alpha value is -1.37. The molecule has 1 heterocycles. The van der Waals surface area contributed by atoms with E-state index in [2.05, 4.69) is 4.72 Å². The molecule has 0 saturated heterocycles. The highest BCUT2D eigenvalue weighted by molar-refractivity contribution is 7.88. The molecule has 0 bridgehead atoms. The molecule has 0 fully saturated rings. The number of sulfonamides is 1. The van der Waals surface area contributed by atoms with Gasteiger partial charge in [0.1, 0.15) is 5.75 Å². The first kappa shape index (κ1) is 16.0. The Balaban J connectivity index is 2.10. The summed E-state index contributed by atoms with van der Waals surface area (Å²) in [6, 6.07) is 10.8. The number of benzene rings is 1. The maximum atomic E-state index is 12.3. The molecule has 1 atom stereocenters. The van der Waals surface area contributed by atoms with Crippen LogP contribution in [0.3, 0.4) is 0 Å². The summed E-state index contributed by atoms with van der Waals surface area (Å²) in [6.07, 6.45) is 0.720. The van der Waals surface area contributed by atoms with Crippen molar-refractivity contribution in [3.8, 4) is 5.75 Å². The van der Waals surface area contributed by atoms with Gasteiger partial charge < -0.3 is 4.74 Å². The number of thiophene rings is 1. The quantitative estimate of drug-likeness (QED) is 0.849. The Morgan fingerprint density at radius 3 is 2.71 bits per heavy atom. The molecule has 0 aliphatic carbocycles. The highest BCUT2D eigenvalue weighted by Gasteiger charge is 2.19. The van der Waals surface area contributed by atoms with E-state index < -0.39 is 10.0 Å². The number of hydrogen-bond donors (Lipinski definition) is 1. The summed E-state index contributed by atoms with van der Waals surface area (Å²) in [7, 11) is -1.83. The van der Waals surface area contributed by atoms with Gasteiger partial charge in [0, 0.05) is 4.88 Å². The minimum absolute atomic E-state index is 0.0495. The third-order valence-corrected chi connectivity index (χ3v) is 5.45. The van der Waals surface area contributed by atoms with Gasteiger partial charge in [-0.25, -0.2) is 13.1 Å². The van der Waals surface area contributed by atoms with Crippen molar-refractivity contribution < 1.29 is 13.2 Å². The molecular weight excluding hydrogens is 306 g/mol. The fraction of sp³-hybridized carbons (Fsp3) is 0.333. The minimum atomic E-state index is -3.40. The van der Waals surface area contributed by atoms with E-state index in [9.17, 15) is 8.42 Å². The number of rotatable bonds is 7. The van der Waals surface area contributed by atoms with Gasteiger partial charge in [0.05, 0.1) is 18.9 Å². The van der Waals surface area contributed by atoms with Gasteiger partial charge in [0.15, 0.2) is 0 Å². The van der Waals surface area contributed by atoms with Gasteiger partial charge in [-0.15, -0.1) is 11.3 Å². The molecule has 114 valence electrons. The Morgan fingerprint density at radius 1 is 1.29 bits per heavy atom. The summed E-state index contributed by atoms with van der Waals surface area (Å²) in [5.41, 5.74) is 0.711. The van der Waals surface area contributed by atoms with Crippen LogP contribution in [-0.4, -0.2) is 15.5 Å².